The van der Waals surface area contributed by atoms with Gasteiger partial charge in [-0.1, -0.05) is 37.6 Å². The fourth-order valence-electron chi connectivity index (χ4n) is 3.49. The summed E-state index contributed by atoms with van der Waals surface area (Å²) in [5, 5.41) is 6.76. The van der Waals surface area contributed by atoms with Crippen molar-refractivity contribution in [3.05, 3.63) is 59.0 Å². The molecule has 0 N–H and O–H groups in total. The van der Waals surface area contributed by atoms with Crippen LogP contribution in [0.15, 0.2) is 52.2 Å². The van der Waals surface area contributed by atoms with Crippen molar-refractivity contribution in [1.82, 2.24) is 9.91 Å². The van der Waals surface area contributed by atoms with Crippen LogP contribution in [0.2, 0.25) is 5.02 Å². The lowest BCUT2D eigenvalue weighted by atomic mass is 10.0. The maximum Gasteiger partial charge on any atom is 0.309 e. The number of benzene rings is 1. The average molecular weight is 432 g/mol. The van der Waals surface area contributed by atoms with Crippen molar-refractivity contribution in [1.29, 1.82) is 0 Å². The number of carbonyl (C=O) groups excluding carboxylic acids is 2. The number of halogens is 1. The predicted molar refractivity (Wildman–Crippen MR) is 114 cm³/mol. The molecule has 1 aromatic carbocycles. The van der Waals surface area contributed by atoms with Gasteiger partial charge in [-0.15, -0.1) is 0 Å². The molecular weight excluding hydrogens is 406 g/mol. The Bertz CT molecular complexity index is 896. The van der Waals surface area contributed by atoms with Gasteiger partial charge in [0.15, 0.2) is 0 Å². The van der Waals surface area contributed by atoms with E-state index >= 15 is 0 Å². The lowest BCUT2D eigenvalue weighted by Gasteiger charge is -2.26. The van der Waals surface area contributed by atoms with Crippen LogP contribution < -0.4 is 0 Å². The number of nitrogens with zero attached hydrogens (tertiary/aromatic N) is 3. The number of hydrogen-bond acceptors (Lipinski definition) is 6. The summed E-state index contributed by atoms with van der Waals surface area (Å²) < 4.78 is 10.4. The number of furan rings is 1. The van der Waals surface area contributed by atoms with E-state index in [4.69, 9.17) is 20.8 Å². The van der Waals surface area contributed by atoms with Crippen molar-refractivity contribution >= 4 is 29.2 Å². The Morgan fingerprint density at radius 1 is 1.33 bits per heavy atom. The minimum Gasteiger partial charge on any atom is -0.469 e. The van der Waals surface area contributed by atoms with E-state index in [1.165, 1.54) is 12.1 Å². The molecule has 30 heavy (non-hydrogen) atoms. The molecular formula is C22H26ClN3O4. The smallest absolute Gasteiger partial charge is 0.309 e. The number of methoxy groups -OCH3 is 1. The second kappa shape index (κ2) is 9.91. The van der Waals surface area contributed by atoms with Crippen molar-refractivity contribution in [3.63, 3.8) is 0 Å². The molecule has 0 spiro atoms. The zero-order valence-corrected chi connectivity index (χ0v) is 18.1. The molecule has 160 valence electrons. The summed E-state index contributed by atoms with van der Waals surface area (Å²) in [6.07, 6.45) is 2.14. The highest BCUT2D eigenvalue weighted by Crippen LogP contribution is 2.33. The summed E-state index contributed by atoms with van der Waals surface area (Å²) in [5.41, 5.74) is 1.71. The highest BCUT2D eigenvalue weighted by molar-refractivity contribution is 6.30. The van der Waals surface area contributed by atoms with Crippen molar-refractivity contribution in [2.75, 3.05) is 26.7 Å². The molecule has 0 fully saturated rings. The second-order valence-electron chi connectivity index (χ2n) is 7.28. The normalized spacial score (nSPS) is 17.2. The molecule has 0 saturated heterocycles. The van der Waals surface area contributed by atoms with Gasteiger partial charge in [0.25, 0.3) is 5.91 Å². The fourth-order valence-corrected chi connectivity index (χ4v) is 3.62. The SMILES string of the molecule is CCN(CC(=O)N1N=C(c2ccc(Cl)cc2)CC1c1ccco1)CC(C)C(=O)OC. The second-order valence-corrected chi connectivity index (χ2v) is 7.72. The first-order chi connectivity index (χ1) is 14.4. The summed E-state index contributed by atoms with van der Waals surface area (Å²) >= 11 is 6.00. The molecule has 0 bridgehead atoms. The number of hydrogen-bond donors (Lipinski definition) is 0. The third kappa shape index (κ3) is 5.09. The zero-order chi connectivity index (χ0) is 21.7. The Hall–Kier alpha value is -2.64. The molecule has 2 heterocycles. The third-order valence-electron chi connectivity index (χ3n) is 5.16. The molecule has 2 unspecified atom stereocenters. The first-order valence-corrected chi connectivity index (χ1v) is 10.3. The maximum absolute atomic E-state index is 13.2. The first-order valence-electron chi connectivity index (χ1n) is 9.92. The number of amides is 1. The number of hydrazone groups is 1. The lowest BCUT2D eigenvalue weighted by Crippen LogP contribution is -2.41. The molecule has 7 nitrogen and oxygen atoms in total. The number of esters is 1. The average Bonchev–Trinajstić information content (AvgIpc) is 3.42. The molecule has 2 aromatic rings. The van der Waals surface area contributed by atoms with Crippen LogP contribution in [-0.4, -0.2) is 54.2 Å². The van der Waals surface area contributed by atoms with Crippen molar-refractivity contribution in [3.8, 4) is 0 Å². The van der Waals surface area contributed by atoms with Gasteiger partial charge in [-0.05, 0) is 36.4 Å². The number of ether oxygens (including phenoxy) is 1. The molecule has 3 rings (SSSR count). The van der Waals surface area contributed by atoms with Crippen LogP contribution in [0.4, 0.5) is 0 Å². The topological polar surface area (TPSA) is 75.4 Å². The van der Waals surface area contributed by atoms with Gasteiger partial charge in [0.1, 0.15) is 11.8 Å². The van der Waals surface area contributed by atoms with Crippen molar-refractivity contribution in [2.45, 2.75) is 26.3 Å². The molecule has 1 amide bonds. The molecule has 2 atom stereocenters. The van der Waals surface area contributed by atoms with Gasteiger partial charge in [0.05, 0.1) is 31.5 Å². The van der Waals surface area contributed by atoms with E-state index in [1.807, 2.05) is 30.0 Å². The van der Waals surface area contributed by atoms with Gasteiger partial charge >= 0.3 is 5.97 Å². The van der Waals surface area contributed by atoms with E-state index < -0.39 is 0 Å². The Kier molecular flexibility index (Phi) is 7.29. The molecule has 1 aromatic heterocycles. The standard InChI is InChI=1S/C22H26ClN3O4/c1-4-25(13-15(2)22(28)29-3)14-21(27)26-19(20-6-5-11-30-20)12-18(24-26)16-7-9-17(23)10-8-16/h5-11,15,19H,4,12-14H2,1-3H3. The quantitative estimate of drug-likeness (QED) is 0.595. The van der Waals surface area contributed by atoms with Crippen LogP contribution in [0.25, 0.3) is 0 Å². The van der Waals surface area contributed by atoms with E-state index in [9.17, 15) is 9.59 Å². The Balaban J connectivity index is 1.79. The number of rotatable bonds is 8. The summed E-state index contributed by atoms with van der Waals surface area (Å²) in [6.45, 7) is 4.94. The summed E-state index contributed by atoms with van der Waals surface area (Å²) in [6, 6.07) is 10.7. The monoisotopic (exact) mass is 431 g/mol. The van der Waals surface area contributed by atoms with E-state index in [0.29, 0.717) is 30.3 Å². The highest BCUT2D eigenvalue weighted by Gasteiger charge is 2.35. The van der Waals surface area contributed by atoms with Gasteiger partial charge < -0.3 is 9.15 Å². The number of carbonyl (C=O) groups is 2. The van der Waals surface area contributed by atoms with E-state index in [0.717, 1.165) is 11.3 Å². The van der Waals surface area contributed by atoms with Crippen LogP contribution in [0, 0.1) is 5.92 Å². The van der Waals surface area contributed by atoms with Gasteiger partial charge in [0, 0.05) is 18.0 Å². The van der Waals surface area contributed by atoms with Crippen molar-refractivity contribution < 1.29 is 18.7 Å². The minimum atomic E-state index is -0.324. The summed E-state index contributed by atoms with van der Waals surface area (Å²) in [4.78, 5) is 26.8. The van der Waals surface area contributed by atoms with Crippen LogP contribution in [-0.2, 0) is 14.3 Å². The Morgan fingerprint density at radius 2 is 2.07 bits per heavy atom. The van der Waals surface area contributed by atoms with Gasteiger partial charge in [-0.2, -0.15) is 5.10 Å². The third-order valence-corrected chi connectivity index (χ3v) is 5.41. The largest absolute Gasteiger partial charge is 0.469 e. The molecule has 0 saturated carbocycles. The van der Waals surface area contributed by atoms with E-state index in [1.54, 1.807) is 31.4 Å². The van der Waals surface area contributed by atoms with Crippen LogP contribution >= 0.6 is 11.6 Å². The maximum atomic E-state index is 13.2. The van der Waals surface area contributed by atoms with Crippen LogP contribution in [0.3, 0.4) is 0 Å². The Labute approximate surface area is 181 Å². The van der Waals surface area contributed by atoms with Gasteiger partial charge in [-0.25, -0.2) is 5.01 Å². The zero-order valence-electron chi connectivity index (χ0n) is 17.4. The Morgan fingerprint density at radius 3 is 2.67 bits per heavy atom. The summed E-state index contributed by atoms with van der Waals surface area (Å²) in [5.74, 6) is -0.0878. The van der Waals surface area contributed by atoms with Crippen LogP contribution in [0.5, 0.6) is 0 Å². The van der Waals surface area contributed by atoms with E-state index in [-0.39, 0.29) is 30.4 Å². The molecule has 0 radical (unpaired) electrons. The molecule has 0 aliphatic carbocycles. The van der Waals surface area contributed by atoms with Gasteiger partial charge in [-0.3, -0.25) is 14.5 Å². The minimum absolute atomic E-state index is 0.145. The van der Waals surface area contributed by atoms with Gasteiger partial charge in [0.2, 0.25) is 0 Å². The predicted octanol–water partition coefficient (Wildman–Crippen LogP) is 3.74. The molecule has 1 aliphatic heterocycles. The van der Waals surface area contributed by atoms with E-state index in [2.05, 4.69) is 5.10 Å². The fraction of sp³-hybridized carbons (Fsp3) is 0.409. The first kappa shape index (κ1) is 22.1. The number of likely N-dealkylation sites (N-methyl/N-ethyl adjacent to an activating group) is 1. The van der Waals surface area contributed by atoms with Crippen LogP contribution in [0.1, 0.15) is 37.6 Å². The molecule has 1 aliphatic rings. The molecule has 8 heteroatoms. The summed E-state index contributed by atoms with van der Waals surface area (Å²) in [7, 11) is 1.37. The highest BCUT2D eigenvalue weighted by atomic mass is 35.5. The lowest BCUT2D eigenvalue weighted by molar-refractivity contribution is -0.146. The van der Waals surface area contributed by atoms with Crippen molar-refractivity contribution in [2.24, 2.45) is 11.0 Å².